The number of ether oxygens (including phenoxy) is 7. The third-order valence-electron chi connectivity index (χ3n) is 7.89. The third kappa shape index (κ3) is 14.9. The summed E-state index contributed by atoms with van der Waals surface area (Å²) in [6.45, 7) is 2.60. The molecule has 0 spiro atoms. The van der Waals surface area contributed by atoms with Crippen LogP contribution in [0.4, 0.5) is 8.78 Å². The molecule has 17 nitrogen and oxygen atoms in total. The molecular weight excluding hydrogens is 726 g/mol. The SMILES string of the molecule is COC(=O)[C@@]1(OCCCCCCO)C[C@H](OC(C)=O)[C@@H](NC(=O)COC(C)=O)[C@H]([C@H](OC(C)=O)[C@@H](CNC(=O)Cc2ccc(C(F)F)cc2)OC(C)=O)O1. The monoisotopic (exact) mass is 774 g/mol. The maximum absolute atomic E-state index is 13.5. The molecule has 0 radical (unpaired) electrons. The van der Waals surface area contributed by atoms with E-state index in [0.29, 0.717) is 31.2 Å². The van der Waals surface area contributed by atoms with Gasteiger partial charge < -0.3 is 48.9 Å². The number of halogens is 2. The maximum atomic E-state index is 13.5. The molecule has 1 aromatic carbocycles. The number of aliphatic hydroxyl groups is 1. The van der Waals surface area contributed by atoms with Gasteiger partial charge in [-0.2, -0.15) is 0 Å². The highest BCUT2D eigenvalue weighted by molar-refractivity contribution is 5.81. The molecule has 1 aromatic rings. The lowest BCUT2D eigenvalue weighted by atomic mass is 9.87. The fraction of sp³-hybridized carbons (Fsp3) is 0.629. The van der Waals surface area contributed by atoms with Gasteiger partial charge in [-0.05, 0) is 18.4 Å². The van der Waals surface area contributed by atoms with Crippen LogP contribution >= 0.6 is 0 Å². The minimum absolute atomic E-state index is 0.0255. The van der Waals surface area contributed by atoms with E-state index in [1.807, 2.05) is 0 Å². The largest absolute Gasteiger partial charge is 0.465 e. The van der Waals surface area contributed by atoms with E-state index < -0.39 is 104 Å². The van der Waals surface area contributed by atoms with Gasteiger partial charge in [0.15, 0.2) is 18.8 Å². The normalized spacial score (nSPS) is 20.5. The molecule has 6 atom stereocenters. The van der Waals surface area contributed by atoms with Gasteiger partial charge in [0.2, 0.25) is 5.91 Å². The lowest BCUT2D eigenvalue weighted by molar-refractivity contribution is -0.313. The Balaban J connectivity index is 2.62. The standard InChI is InChI=1S/C35H48F2N2O15/c1-20(41)49-19-29(46)39-30-26(51-21(2)42)17-35(34(47)48-5,50-15-9-7-6-8-14-40)54-32(30)31(53-23(4)44)27(52-22(3)43)18-38-28(45)16-24-10-12-25(13-11-24)33(36)37/h10-13,26-27,30-33,40H,6-9,14-19H2,1-5H3,(H,38,45)(H,39,46)/t26-,27+,30+,31+,32+,35+/m0/s1. The first-order chi connectivity index (χ1) is 25.5. The first kappa shape index (κ1) is 45.4. The minimum atomic E-state index is -2.71. The molecule has 0 aliphatic carbocycles. The maximum Gasteiger partial charge on any atom is 0.366 e. The zero-order chi connectivity index (χ0) is 40.4. The molecule has 0 saturated carbocycles. The number of hydrogen-bond donors (Lipinski definition) is 3. The molecule has 1 heterocycles. The molecular formula is C35H48F2N2O15. The van der Waals surface area contributed by atoms with Gasteiger partial charge in [0.1, 0.15) is 12.2 Å². The molecule has 19 heteroatoms. The van der Waals surface area contributed by atoms with E-state index in [2.05, 4.69) is 10.6 Å². The van der Waals surface area contributed by atoms with Crippen LogP contribution < -0.4 is 10.6 Å². The second kappa shape index (κ2) is 22.5. The van der Waals surface area contributed by atoms with Crippen LogP contribution in [0.5, 0.6) is 0 Å². The Morgan fingerprint density at radius 3 is 2.09 bits per heavy atom. The quantitative estimate of drug-likeness (QED) is 0.0910. The fourth-order valence-corrected chi connectivity index (χ4v) is 5.58. The third-order valence-corrected chi connectivity index (χ3v) is 7.89. The van der Waals surface area contributed by atoms with Crippen molar-refractivity contribution in [1.29, 1.82) is 0 Å². The zero-order valence-electron chi connectivity index (χ0n) is 30.8. The second-order valence-corrected chi connectivity index (χ2v) is 12.3. The highest BCUT2D eigenvalue weighted by atomic mass is 19.3. The average molecular weight is 775 g/mol. The molecule has 2 amide bonds. The second-order valence-electron chi connectivity index (χ2n) is 12.3. The smallest absolute Gasteiger partial charge is 0.366 e. The van der Waals surface area contributed by atoms with Crippen molar-refractivity contribution >= 4 is 41.7 Å². The number of hydrogen-bond acceptors (Lipinski definition) is 15. The molecule has 1 saturated heterocycles. The van der Waals surface area contributed by atoms with Gasteiger partial charge in [-0.15, -0.1) is 0 Å². The number of alkyl halides is 2. The van der Waals surface area contributed by atoms with Crippen LogP contribution in [-0.2, 0) is 73.1 Å². The van der Waals surface area contributed by atoms with Crippen molar-refractivity contribution in [3.05, 3.63) is 35.4 Å². The van der Waals surface area contributed by atoms with Crippen LogP contribution in [0.3, 0.4) is 0 Å². The molecule has 1 aliphatic heterocycles. The van der Waals surface area contributed by atoms with Crippen molar-refractivity contribution in [1.82, 2.24) is 10.6 Å². The molecule has 0 unspecified atom stereocenters. The van der Waals surface area contributed by atoms with E-state index in [1.54, 1.807) is 0 Å². The predicted octanol–water partition coefficient (Wildman–Crippen LogP) is 1.35. The Hall–Kier alpha value is -4.75. The average Bonchev–Trinajstić information content (AvgIpc) is 3.10. The Labute approximate surface area is 310 Å². The van der Waals surface area contributed by atoms with Crippen LogP contribution in [-0.4, -0.2) is 116 Å². The molecule has 3 N–H and O–H groups in total. The van der Waals surface area contributed by atoms with E-state index in [9.17, 15) is 42.3 Å². The van der Waals surface area contributed by atoms with Crippen LogP contribution in [0.1, 0.15) is 77.4 Å². The summed E-state index contributed by atoms with van der Waals surface area (Å²) in [5.41, 5.74) is 0.116. The lowest BCUT2D eigenvalue weighted by Crippen LogP contribution is -2.70. The molecule has 0 aromatic heterocycles. The Morgan fingerprint density at radius 2 is 1.54 bits per heavy atom. The van der Waals surface area contributed by atoms with Crippen molar-refractivity contribution in [3.63, 3.8) is 0 Å². The van der Waals surface area contributed by atoms with Crippen LogP contribution in [0, 0.1) is 0 Å². The van der Waals surface area contributed by atoms with E-state index in [-0.39, 0.29) is 25.2 Å². The van der Waals surface area contributed by atoms with E-state index in [1.165, 1.54) is 12.1 Å². The summed E-state index contributed by atoms with van der Waals surface area (Å²) >= 11 is 0. The van der Waals surface area contributed by atoms with Gasteiger partial charge in [0.05, 0.1) is 39.1 Å². The Bertz CT molecular complexity index is 1440. The first-order valence-electron chi connectivity index (χ1n) is 17.1. The molecule has 302 valence electrons. The van der Waals surface area contributed by atoms with Gasteiger partial charge in [0.25, 0.3) is 18.1 Å². The van der Waals surface area contributed by atoms with Crippen molar-refractivity contribution in [2.45, 2.75) is 109 Å². The number of carbonyl (C=O) groups is 7. The van der Waals surface area contributed by atoms with Crippen LogP contribution in [0.2, 0.25) is 0 Å². The number of methoxy groups -OCH3 is 1. The van der Waals surface area contributed by atoms with Gasteiger partial charge in [-0.1, -0.05) is 37.1 Å². The van der Waals surface area contributed by atoms with Crippen LogP contribution in [0.25, 0.3) is 0 Å². The molecule has 1 aliphatic rings. The van der Waals surface area contributed by atoms with Crippen molar-refractivity contribution in [3.8, 4) is 0 Å². The summed E-state index contributed by atoms with van der Waals surface area (Å²) in [4.78, 5) is 88.5. The number of amides is 2. The highest BCUT2D eigenvalue weighted by Crippen LogP contribution is 2.37. The zero-order valence-corrected chi connectivity index (χ0v) is 30.8. The van der Waals surface area contributed by atoms with Gasteiger partial charge in [-0.3, -0.25) is 28.8 Å². The van der Waals surface area contributed by atoms with Crippen molar-refractivity contribution in [2.75, 3.05) is 33.5 Å². The summed E-state index contributed by atoms with van der Waals surface area (Å²) < 4.78 is 64.7. The number of carbonyl (C=O) groups excluding carboxylic acids is 7. The predicted molar refractivity (Wildman–Crippen MR) is 179 cm³/mol. The summed E-state index contributed by atoms with van der Waals surface area (Å²) in [7, 11) is 1.03. The Kier molecular flexibility index (Phi) is 18.9. The van der Waals surface area contributed by atoms with Gasteiger partial charge in [-0.25, -0.2) is 13.6 Å². The molecule has 0 bridgehead atoms. The van der Waals surface area contributed by atoms with Crippen molar-refractivity contribution < 1.29 is 80.6 Å². The van der Waals surface area contributed by atoms with E-state index in [4.69, 9.17) is 38.3 Å². The minimum Gasteiger partial charge on any atom is -0.465 e. The van der Waals surface area contributed by atoms with E-state index >= 15 is 0 Å². The number of nitrogens with one attached hydrogen (secondary N) is 2. The number of unbranched alkanes of at least 4 members (excludes halogenated alkanes) is 3. The summed E-state index contributed by atoms with van der Waals surface area (Å²) in [5.74, 6) is -8.66. The fourth-order valence-electron chi connectivity index (χ4n) is 5.58. The topological polar surface area (TPSA) is 228 Å². The van der Waals surface area contributed by atoms with Gasteiger partial charge >= 0.3 is 29.8 Å². The molecule has 54 heavy (non-hydrogen) atoms. The summed E-state index contributed by atoms with van der Waals surface area (Å²) in [5, 5.41) is 14.1. The van der Waals surface area contributed by atoms with Crippen LogP contribution in [0.15, 0.2) is 24.3 Å². The first-order valence-corrected chi connectivity index (χ1v) is 17.1. The number of rotatable bonds is 21. The van der Waals surface area contributed by atoms with Crippen molar-refractivity contribution in [2.24, 2.45) is 0 Å². The number of esters is 5. The number of benzene rings is 1. The summed E-state index contributed by atoms with van der Waals surface area (Å²) in [6, 6.07) is 3.46. The molecule has 2 rings (SSSR count). The lowest BCUT2D eigenvalue weighted by Gasteiger charge is -2.48. The molecule has 1 fully saturated rings. The van der Waals surface area contributed by atoms with Gasteiger partial charge in [0, 0.05) is 39.9 Å². The Morgan fingerprint density at radius 1 is 0.889 bits per heavy atom. The summed E-state index contributed by atoms with van der Waals surface area (Å²) in [6.07, 6.45) is -8.15. The number of aliphatic hydroxyl groups excluding tert-OH is 1. The highest BCUT2D eigenvalue weighted by Gasteiger charge is 2.59. The van der Waals surface area contributed by atoms with E-state index in [0.717, 1.165) is 46.9 Å².